The van der Waals surface area contributed by atoms with Crippen LogP contribution in [0, 0.1) is 0 Å². The second-order valence-electron chi connectivity index (χ2n) is 7.46. The first-order valence-corrected chi connectivity index (χ1v) is 10.2. The number of carbonyl (C=O) groups is 1. The van der Waals surface area contributed by atoms with E-state index in [0.717, 1.165) is 31.6 Å². The van der Waals surface area contributed by atoms with Gasteiger partial charge in [0.05, 0.1) is 14.2 Å². The summed E-state index contributed by atoms with van der Waals surface area (Å²) >= 11 is 5.62. The first-order valence-electron chi connectivity index (χ1n) is 9.82. The Morgan fingerprint density at radius 3 is 2.11 bits per heavy atom. The minimum atomic E-state index is -0.536. The van der Waals surface area contributed by atoms with E-state index in [4.69, 9.17) is 27.4 Å². The molecule has 2 aliphatic heterocycles. The van der Waals surface area contributed by atoms with Gasteiger partial charge in [-0.15, -0.1) is 0 Å². The lowest BCUT2D eigenvalue weighted by molar-refractivity contribution is -0.134. The molecule has 0 aromatic heterocycles. The monoisotopic (exact) mass is 406 g/mol. The van der Waals surface area contributed by atoms with Gasteiger partial charge >= 0.3 is 0 Å². The Morgan fingerprint density at radius 1 is 1.04 bits per heavy atom. The third-order valence-corrected chi connectivity index (χ3v) is 6.26. The van der Waals surface area contributed by atoms with E-state index in [0.29, 0.717) is 42.5 Å². The molecule has 2 saturated heterocycles. The molecule has 2 fully saturated rings. The van der Waals surface area contributed by atoms with Crippen LogP contribution in [0.2, 0.25) is 0 Å². The topological polar surface area (TPSA) is 80.1 Å². The van der Waals surface area contributed by atoms with Gasteiger partial charge in [0.1, 0.15) is 17.0 Å². The van der Waals surface area contributed by atoms with E-state index >= 15 is 0 Å². The Hall–Kier alpha value is -2.06. The van der Waals surface area contributed by atoms with Gasteiger partial charge in [-0.05, 0) is 51.0 Å². The number of methoxy groups -OCH3 is 2. The number of rotatable bonds is 5. The second-order valence-corrected chi connectivity index (χ2v) is 7.85. The van der Waals surface area contributed by atoms with Gasteiger partial charge in [0.2, 0.25) is 5.91 Å². The molecule has 0 atom stereocenters. The van der Waals surface area contributed by atoms with E-state index in [2.05, 4.69) is 15.1 Å². The minimum Gasteiger partial charge on any atom is -0.497 e. The number of nitrogens with two attached hydrogens (primary N) is 1. The van der Waals surface area contributed by atoms with Gasteiger partial charge in [0.25, 0.3) is 0 Å². The number of benzene rings is 1. The summed E-state index contributed by atoms with van der Waals surface area (Å²) in [5, 5.41) is 3.90. The van der Waals surface area contributed by atoms with Crippen LogP contribution in [0.25, 0.3) is 0 Å². The molecule has 2 aliphatic rings. The zero-order valence-electron chi connectivity index (χ0n) is 16.7. The Labute approximate surface area is 172 Å². The van der Waals surface area contributed by atoms with E-state index in [9.17, 15) is 4.79 Å². The summed E-state index contributed by atoms with van der Waals surface area (Å²) < 4.78 is 10.6. The number of primary amides is 1. The van der Waals surface area contributed by atoms with E-state index in [-0.39, 0.29) is 5.91 Å². The predicted molar refractivity (Wildman–Crippen MR) is 114 cm³/mol. The SMILES string of the molecule is COc1cc(NC(=S)N2CCC(C(N)=O)(N3CCCCC3)CC2)cc(OC)c1. The summed E-state index contributed by atoms with van der Waals surface area (Å²) in [6.45, 7) is 3.31. The van der Waals surface area contributed by atoms with E-state index < -0.39 is 5.54 Å². The third kappa shape index (κ3) is 4.33. The zero-order valence-corrected chi connectivity index (χ0v) is 17.5. The van der Waals surface area contributed by atoms with Gasteiger partial charge in [-0.3, -0.25) is 9.69 Å². The maximum absolute atomic E-state index is 12.4. The first kappa shape index (κ1) is 20.7. The van der Waals surface area contributed by atoms with E-state index in [1.807, 2.05) is 18.2 Å². The molecule has 154 valence electrons. The van der Waals surface area contributed by atoms with Gasteiger partial charge in [0, 0.05) is 37.0 Å². The lowest BCUT2D eigenvalue weighted by atomic mass is 9.83. The maximum atomic E-state index is 12.4. The number of piperidine rings is 2. The van der Waals surface area contributed by atoms with Crippen molar-refractivity contribution in [3.05, 3.63) is 18.2 Å². The maximum Gasteiger partial charge on any atom is 0.238 e. The van der Waals surface area contributed by atoms with Gasteiger partial charge in [0.15, 0.2) is 5.11 Å². The lowest BCUT2D eigenvalue weighted by Gasteiger charge is -2.48. The number of ether oxygens (including phenoxy) is 2. The molecule has 0 bridgehead atoms. The average molecular weight is 407 g/mol. The van der Waals surface area contributed by atoms with Crippen LogP contribution in [0.5, 0.6) is 11.5 Å². The molecule has 1 aromatic carbocycles. The van der Waals surface area contributed by atoms with Crippen LogP contribution < -0.4 is 20.5 Å². The number of nitrogens with one attached hydrogen (secondary N) is 1. The summed E-state index contributed by atoms with van der Waals surface area (Å²) in [6.07, 6.45) is 4.90. The van der Waals surface area contributed by atoms with Crippen molar-refractivity contribution in [1.82, 2.24) is 9.80 Å². The zero-order chi connectivity index (χ0) is 20.1. The highest BCUT2D eigenvalue weighted by molar-refractivity contribution is 7.80. The van der Waals surface area contributed by atoms with Gasteiger partial charge in [-0.1, -0.05) is 6.42 Å². The number of anilines is 1. The lowest BCUT2D eigenvalue weighted by Crippen LogP contribution is -2.64. The standard InChI is InChI=1S/C20H30N4O3S/c1-26-16-12-15(13-17(14-16)27-2)22-19(28)23-10-6-20(7-11-23,18(21)25)24-8-4-3-5-9-24/h12-14H,3-11H2,1-2H3,(H2,21,25)(H,22,28). The van der Waals surface area contributed by atoms with Crippen LogP contribution >= 0.6 is 12.2 Å². The normalized spacial score (nSPS) is 19.7. The molecule has 1 aromatic rings. The van der Waals surface area contributed by atoms with Crippen molar-refractivity contribution in [2.75, 3.05) is 45.7 Å². The van der Waals surface area contributed by atoms with Crippen molar-refractivity contribution in [2.24, 2.45) is 5.73 Å². The number of hydrogen-bond donors (Lipinski definition) is 2. The smallest absolute Gasteiger partial charge is 0.238 e. The Bertz CT molecular complexity index is 691. The number of thiocarbonyl (C=S) groups is 1. The second kappa shape index (κ2) is 8.96. The van der Waals surface area contributed by atoms with Gasteiger partial charge in [-0.2, -0.15) is 0 Å². The van der Waals surface area contributed by atoms with E-state index in [1.54, 1.807) is 14.2 Å². The molecule has 0 saturated carbocycles. The van der Waals surface area contributed by atoms with E-state index in [1.165, 1.54) is 6.42 Å². The molecule has 0 radical (unpaired) electrons. The average Bonchev–Trinajstić information content (AvgIpc) is 2.73. The molecule has 8 heteroatoms. The highest BCUT2D eigenvalue weighted by Crippen LogP contribution is 2.32. The van der Waals surface area contributed by atoms with Crippen LogP contribution in [-0.2, 0) is 4.79 Å². The Kier molecular flexibility index (Phi) is 6.61. The van der Waals surface area contributed by atoms with Gasteiger partial charge in [-0.25, -0.2) is 0 Å². The van der Waals surface area contributed by atoms with Crippen LogP contribution in [0.3, 0.4) is 0 Å². The largest absolute Gasteiger partial charge is 0.497 e. The highest BCUT2D eigenvalue weighted by Gasteiger charge is 2.45. The number of amides is 1. The van der Waals surface area contributed by atoms with Crippen molar-refractivity contribution >= 4 is 28.9 Å². The molecule has 0 aliphatic carbocycles. The van der Waals surface area contributed by atoms with Crippen molar-refractivity contribution in [1.29, 1.82) is 0 Å². The van der Waals surface area contributed by atoms with Crippen LogP contribution in [-0.4, -0.2) is 66.8 Å². The van der Waals surface area contributed by atoms with Crippen molar-refractivity contribution in [3.63, 3.8) is 0 Å². The minimum absolute atomic E-state index is 0.203. The fraction of sp³-hybridized carbons (Fsp3) is 0.600. The molecular weight excluding hydrogens is 376 g/mol. The van der Waals surface area contributed by atoms with Crippen LogP contribution in [0.1, 0.15) is 32.1 Å². The summed E-state index contributed by atoms with van der Waals surface area (Å²) in [5.41, 5.74) is 6.14. The molecule has 28 heavy (non-hydrogen) atoms. The molecule has 1 amide bonds. The summed E-state index contributed by atoms with van der Waals surface area (Å²) in [6, 6.07) is 5.56. The van der Waals surface area contributed by atoms with Crippen LogP contribution in [0.15, 0.2) is 18.2 Å². The summed E-state index contributed by atoms with van der Waals surface area (Å²) in [7, 11) is 3.23. The number of hydrogen-bond acceptors (Lipinski definition) is 5. The van der Waals surface area contributed by atoms with Crippen molar-refractivity contribution in [3.8, 4) is 11.5 Å². The third-order valence-electron chi connectivity index (χ3n) is 5.90. The number of carbonyl (C=O) groups excluding carboxylic acids is 1. The molecule has 2 heterocycles. The van der Waals surface area contributed by atoms with Crippen LogP contribution in [0.4, 0.5) is 5.69 Å². The number of likely N-dealkylation sites (tertiary alicyclic amines) is 2. The quantitative estimate of drug-likeness (QED) is 0.726. The molecule has 0 spiro atoms. The summed E-state index contributed by atoms with van der Waals surface area (Å²) in [5.74, 6) is 1.19. The molecule has 0 unspecified atom stereocenters. The molecular formula is C20H30N4O3S. The van der Waals surface area contributed by atoms with Gasteiger partial charge < -0.3 is 25.4 Å². The fourth-order valence-corrected chi connectivity index (χ4v) is 4.50. The fourth-order valence-electron chi connectivity index (χ4n) is 4.20. The number of nitrogens with zero attached hydrogens (tertiary/aromatic N) is 2. The Balaban J connectivity index is 1.65. The molecule has 7 nitrogen and oxygen atoms in total. The molecule has 3 rings (SSSR count). The summed E-state index contributed by atoms with van der Waals surface area (Å²) in [4.78, 5) is 16.8. The first-order chi connectivity index (χ1) is 13.5. The predicted octanol–water partition coefficient (Wildman–Crippen LogP) is 2.21. The van der Waals surface area contributed by atoms with Crippen molar-refractivity contribution in [2.45, 2.75) is 37.6 Å². The van der Waals surface area contributed by atoms with Crippen molar-refractivity contribution < 1.29 is 14.3 Å². The highest BCUT2D eigenvalue weighted by atomic mass is 32.1. The molecule has 3 N–H and O–H groups in total. The Morgan fingerprint density at radius 2 is 1.61 bits per heavy atom.